The van der Waals surface area contributed by atoms with Gasteiger partial charge in [0.2, 0.25) is 0 Å². The Labute approximate surface area is 308 Å². The van der Waals surface area contributed by atoms with E-state index >= 15 is 0 Å². The van der Waals surface area contributed by atoms with E-state index < -0.39 is 13.9 Å². The number of allylic oxidation sites excluding steroid dienone is 6. The summed E-state index contributed by atoms with van der Waals surface area (Å²) >= 11 is 0. The van der Waals surface area contributed by atoms with E-state index in [1.807, 2.05) is 0 Å². The van der Waals surface area contributed by atoms with Gasteiger partial charge in [0.25, 0.3) is 0 Å². The van der Waals surface area contributed by atoms with Gasteiger partial charge in [-0.25, -0.2) is 4.57 Å². The van der Waals surface area contributed by atoms with Crippen LogP contribution in [0.25, 0.3) is 0 Å². The highest BCUT2D eigenvalue weighted by molar-refractivity contribution is 7.47. The first-order valence-corrected chi connectivity index (χ1v) is 22.0. The Balaban J connectivity index is 4.09. The molecule has 0 aliphatic heterocycles. The van der Waals surface area contributed by atoms with Gasteiger partial charge in [0.15, 0.2) is 0 Å². The first-order chi connectivity index (χ1) is 24.4. The summed E-state index contributed by atoms with van der Waals surface area (Å²) in [4.78, 5) is 22.3. The van der Waals surface area contributed by atoms with Crippen LogP contribution in [0.3, 0.4) is 0 Å². The summed E-state index contributed by atoms with van der Waals surface area (Å²) < 4.78 is 33.4. The van der Waals surface area contributed by atoms with E-state index in [2.05, 4.69) is 50.3 Å². The summed E-state index contributed by atoms with van der Waals surface area (Å²) in [5.74, 6) is -0.281. The average Bonchev–Trinajstić information content (AvgIpc) is 3.11. The highest BCUT2D eigenvalue weighted by atomic mass is 31.2. The van der Waals surface area contributed by atoms with Crippen molar-refractivity contribution in [3.8, 4) is 0 Å². The molecule has 0 aliphatic carbocycles. The van der Waals surface area contributed by atoms with Crippen LogP contribution in [-0.2, 0) is 27.9 Å². The van der Waals surface area contributed by atoms with Crippen LogP contribution < -0.4 is 5.73 Å². The molecule has 0 heterocycles. The number of esters is 1. The van der Waals surface area contributed by atoms with Crippen LogP contribution in [0.1, 0.15) is 181 Å². The fourth-order valence-electron chi connectivity index (χ4n) is 5.47. The van der Waals surface area contributed by atoms with Crippen LogP contribution in [0, 0.1) is 0 Å². The summed E-state index contributed by atoms with van der Waals surface area (Å²) in [7, 11) is -4.25. The molecule has 0 aromatic carbocycles. The topological polar surface area (TPSA) is 117 Å². The van der Waals surface area contributed by atoms with Crippen molar-refractivity contribution in [2.75, 3.05) is 33.0 Å². The lowest BCUT2D eigenvalue weighted by Gasteiger charge is -2.20. The van der Waals surface area contributed by atoms with E-state index in [9.17, 15) is 14.3 Å². The maximum atomic E-state index is 12.4. The van der Waals surface area contributed by atoms with E-state index in [1.165, 1.54) is 103 Å². The molecule has 50 heavy (non-hydrogen) atoms. The van der Waals surface area contributed by atoms with E-state index in [1.54, 1.807) is 0 Å². The van der Waals surface area contributed by atoms with Gasteiger partial charge in [0.1, 0.15) is 12.7 Å². The Bertz CT molecular complexity index is 864. The number of phosphoric ester groups is 1. The van der Waals surface area contributed by atoms with Gasteiger partial charge >= 0.3 is 13.8 Å². The molecule has 8 nitrogen and oxygen atoms in total. The van der Waals surface area contributed by atoms with Crippen LogP contribution in [0.4, 0.5) is 0 Å². The van der Waals surface area contributed by atoms with Crippen molar-refractivity contribution < 1.29 is 32.8 Å². The molecule has 2 atom stereocenters. The molecule has 0 radical (unpaired) electrons. The molecule has 0 bridgehead atoms. The SMILES string of the molecule is CCCCC/C=C\C/C=C\CCCCCCCCO[C@H](COC(=O)CCCCCCC/C=C\CCCCCCCC)COP(=O)(O)OCCN. The van der Waals surface area contributed by atoms with E-state index in [-0.39, 0.29) is 32.3 Å². The Morgan fingerprint density at radius 1 is 0.600 bits per heavy atom. The predicted octanol–water partition coefficient (Wildman–Crippen LogP) is 11.9. The first kappa shape index (κ1) is 48.7. The zero-order valence-corrected chi connectivity index (χ0v) is 33.3. The Hall–Kier alpha value is -1.28. The molecule has 3 N–H and O–H groups in total. The molecule has 0 amide bonds. The minimum absolute atomic E-state index is 0.0248. The second-order valence-electron chi connectivity index (χ2n) is 13.5. The maximum absolute atomic E-state index is 12.4. The largest absolute Gasteiger partial charge is 0.472 e. The number of ether oxygens (including phenoxy) is 2. The third kappa shape index (κ3) is 38.0. The molecule has 0 saturated carbocycles. The van der Waals surface area contributed by atoms with Gasteiger partial charge in [0.05, 0.1) is 13.2 Å². The highest BCUT2D eigenvalue weighted by Crippen LogP contribution is 2.43. The van der Waals surface area contributed by atoms with Crippen molar-refractivity contribution in [3.05, 3.63) is 36.5 Å². The number of carbonyl (C=O) groups is 1. The molecule has 0 fully saturated rings. The summed E-state index contributed by atoms with van der Waals surface area (Å²) in [6.07, 6.45) is 43.1. The molecule has 0 aromatic heterocycles. The van der Waals surface area contributed by atoms with Crippen LogP contribution in [0.15, 0.2) is 36.5 Å². The molecule has 0 spiro atoms. The van der Waals surface area contributed by atoms with Crippen molar-refractivity contribution in [2.45, 2.75) is 187 Å². The van der Waals surface area contributed by atoms with Gasteiger partial charge in [0, 0.05) is 19.6 Å². The van der Waals surface area contributed by atoms with Crippen LogP contribution >= 0.6 is 7.82 Å². The number of unbranched alkanes of at least 4 members (excludes halogenated alkanes) is 20. The number of hydrogen-bond acceptors (Lipinski definition) is 7. The number of rotatable bonds is 39. The Morgan fingerprint density at radius 3 is 1.62 bits per heavy atom. The Kier molecular flexibility index (Phi) is 37.9. The van der Waals surface area contributed by atoms with Crippen molar-refractivity contribution in [3.63, 3.8) is 0 Å². The van der Waals surface area contributed by atoms with E-state index in [4.69, 9.17) is 24.3 Å². The minimum Gasteiger partial charge on any atom is -0.463 e. The molecular weight excluding hydrogens is 649 g/mol. The molecule has 1 unspecified atom stereocenters. The number of hydrogen-bond donors (Lipinski definition) is 2. The number of carbonyl (C=O) groups excluding carboxylic acids is 1. The lowest BCUT2D eigenvalue weighted by Crippen LogP contribution is -2.27. The average molecular weight is 728 g/mol. The van der Waals surface area contributed by atoms with Gasteiger partial charge in [-0.05, 0) is 70.6 Å². The predicted molar refractivity (Wildman–Crippen MR) is 210 cm³/mol. The standard InChI is InChI=1S/C41H78NO7P/c1-3-5-7-9-11-13-15-17-19-21-23-25-27-29-31-33-36-46-40(39-49-50(44,45)48-37-35-42)38-47-41(43)34-32-30-28-26-24-22-20-18-16-14-12-10-8-6-4-2/h11,13,17-20,40H,3-10,12,14-16,21-39,42H2,1-2H3,(H,44,45)/b13-11-,19-17-,20-18-/t40-/m1/s1. The van der Waals surface area contributed by atoms with Gasteiger partial charge in [-0.1, -0.05) is 140 Å². The highest BCUT2D eigenvalue weighted by Gasteiger charge is 2.24. The molecule has 0 aliphatic rings. The molecule has 0 saturated heterocycles. The summed E-state index contributed by atoms with van der Waals surface area (Å²) in [6.45, 7) is 4.75. The number of nitrogens with two attached hydrogens (primary N) is 1. The van der Waals surface area contributed by atoms with Gasteiger partial charge in [-0.2, -0.15) is 0 Å². The minimum atomic E-state index is -4.25. The normalized spacial score (nSPS) is 13.9. The van der Waals surface area contributed by atoms with Crippen LogP contribution in [0.2, 0.25) is 0 Å². The van der Waals surface area contributed by atoms with Gasteiger partial charge in [-0.3, -0.25) is 13.8 Å². The molecule has 294 valence electrons. The van der Waals surface area contributed by atoms with Crippen LogP contribution in [-0.4, -0.2) is 49.9 Å². The van der Waals surface area contributed by atoms with E-state index in [0.717, 1.165) is 57.8 Å². The third-order valence-corrected chi connectivity index (χ3v) is 9.55. The molecule has 0 aromatic rings. The monoisotopic (exact) mass is 728 g/mol. The quantitative estimate of drug-likeness (QED) is 0.0278. The summed E-state index contributed by atoms with van der Waals surface area (Å²) in [6, 6.07) is 0. The fourth-order valence-corrected chi connectivity index (χ4v) is 6.23. The van der Waals surface area contributed by atoms with Crippen LogP contribution in [0.5, 0.6) is 0 Å². The Morgan fingerprint density at radius 2 is 1.06 bits per heavy atom. The van der Waals surface area contributed by atoms with Crippen molar-refractivity contribution in [2.24, 2.45) is 5.73 Å². The maximum Gasteiger partial charge on any atom is 0.472 e. The second kappa shape index (κ2) is 38.9. The molecule has 0 rings (SSSR count). The molecular formula is C41H78NO7P. The zero-order valence-electron chi connectivity index (χ0n) is 32.4. The molecule has 9 heteroatoms. The second-order valence-corrected chi connectivity index (χ2v) is 14.9. The smallest absolute Gasteiger partial charge is 0.463 e. The van der Waals surface area contributed by atoms with Crippen molar-refractivity contribution in [1.29, 1.82) is 0 Å². The van der Waals surface area contributed by atoms with Crippen molar-refractivity contribution >= 4 is 13.8 Å². The third-order valence-electron chi connectivity index (χ3n) is 8.57. The van der Waals surface area contributed by atoms with Gasteiger partial charge in [-0.15, -0.1) is 0 Å². The first-order valence-electron chi connectivity index (χ1n) is 20.5. The van der Waals surface area contributed by atoms with Crippen molar-refractivity contribution in [1.82, 2.24) is 0 Å². The lowest BCUT2D eigenvalue weighted by atomic mass is 10.1. The van der Waals surface area contributed by atoms with E-state index in [0.29, 0.717) is 13.0 Å². The van der Waals surface area contributed by atoms with Gasteiger partial charge < -0.3 is 20.1 Å². The summed E-state index contributed by atoms with van der Waals surface area (Å²) in [5, 5.41) is 0. The fraction of sp³-hybridized carbons (Fsp3) is 0.829. The zero-order chi connectivity index (χ0) is 36.6. The number of phosphoric acid groups is 1. The lowest BCUT2D eigenvalue weighted by molar-refractivity contribution is -0.149. The summed E-state index contributed by atoms with van der Waals surface area (Å²) in [5.41, 5.74) is 5.36.